The predicted octanol–water partition coefficient (Wildman–Crippen LogP) is 2.42. The van der Waals surface area contributed by atoms with E-state index in [2.05, 4.69) is 9.46 Å². The number of nitro groups is 1. The zero-order chi connectivity index (χ0) is 20.7. The van der Waals surface area contributed by atoms with E-state index in [1.165, 1.54) is 23.9 Å². The molecule has 1 unspecified atom stereocenters. The molecule has 12 heteroatoms. The summed E-state index contributed by atoms with van der Waals surface area (Å²) in [5.74, 6) is -1.29. The number of benzene rings is 2. The quantitative estimate of drug-likeness (QED) is 0.254. The monoisotopic (exact) mass is 430 g/mol. The number of rotatable bonds is 10. The molecule has 0 spiro atoms. The van der Waals surface area contributed by atoms with E-state index in [0.717, 1.165) is 29.2 Å². The highest BCUT2D eigenvalue weighted by atomic mass is 32.2. The molecule has 0 aliphatic heterocycles. The van der Waals surface area contributed by atoms with Crippen LogP contribution in [-0.2, 0) is 14.8 Å². The first-order valence-corrected chi connectivity index (χ1v) is 10.2. The molecule has 0 saturated carbocycles. The minimum absolute atomic E-state index is 0.0538. The number of halogens is 1. The molecule has 9 nitrogen and oxygen atoms in total. The molecule has 0 fully saturated rings. The van der Waals surface area contributed by atoms with Crippen molar-refractivity contribution in [3.8, 4) is 5.75 Å². The number of thioether (sulfide) groups is 1. The molecule has 0 radical (unpaired) electrons. The molecule has 0 saturated heterocycles. The third kappa shape index (κ3) is 6.18. The summed E-state index contributed by atoms with van der Waals surface area (Å²) in [6.45, 7) is 0.105. The zero-order valence-corrected chi connectivity index (χ0v) is 15.8. The Balaban J connectivity index is 1.83. The highest BCUT2D eigenvalue weighted by Crippen LogP contribution is 2.22. The number of non-ortho nitro benzene ring substituents is 1. The van der Waals surface area contributed by atoms with Gasteiger partial charge in [0.1, 0.15) is 5.75 Å². The average Bonchev–Trinajstić information content (AvgIpc) is 2.66. The second-order valence-corrected chi connectivity index (χ2v) is 8.18. The molecule has 0 bridgehead atoms. The lowest BCUT2D eigenvalue weighted by Crippen LogP contribution is -2.26. The van der Waals surface area contributed by atoms with Crippen molar-refractivity contribution in [2.45, 2.75) is 16.1 Å². The van der Waals surface area contributed by atoms with Gasteiger partial charge in [0.2, 0.25) is 10.0 Å². The maximum atomic E-state index is 12.9. The van der Waals surface area contributed by atoms with Crippen molar-refractivity contribution in [2.24, 2.45) is 0 Å². The number of carboxylic acids is 1. The average molecular weight is 430 g/mol. The van der Waals surface area contributed by atoms with Crippen LogP contribution in [-0.4, -0.2) is 43.1 Å². The molecule has 2 aromatic rings. The maximum Gasteiger partial charge on any atom is 0.378 e. The normalized spacial score (nSPS) is 12.3. The standard InChI is InChI=1S/C16H15FN2O7S2/c17-15(16(20)21)26-12-3-5-13(6-4-12)27-10-9-18-28(24,25)14-7-1-11(2-8-14)19(22)23/h1-8,15,18H,9-10H2,(H,20,21). The molecule has 2 rings (SSSR count). The highest BCUT2D eigenvalue weighted by Gasteiger charge is 2.17. The number of ether oxygens (including phenoxy) is 1. The van der Waals surface area contributed by atoms with Gasteiger partial charge in [-0.05, 0) is 36.4 Å². The van der Waals surface area contributed by atoms with E-state index in [9.17, 15) is 27.7 Å². The number of hydrogen-bond donors (Lipinski definition) is 2. The van der Waals surface area contributed by atoms with Crippen molar-refractivity contribution in [1.29, 1.82) is 0 Å². The van der Waals surface area contributed by atoms with E-state index < -0.39 is 27.3 Å². The van der Waals surface area contributed by atoms with Crippen LogP contribution in [0.4, 0.5) is 10.1 Å². The molecule has 0 aromatic heterocycles. The molecule has 2 N–H and O–H groups in total. The topological polar surface area (TPSA) is 136 Å². The summed E-state index contributed by atoms with van der Waals surface area (Å²) in [5, 5.41) is 19.0. The van der Waals surface area contributed by atoms with Crippen molar-refractivity contribution in [1.82, 2.24) is 4.72 Å². The van der Waals surface area contributed by atoms with E-state index in [1.54, 1.807) is 12.1 Å². The van der Waals surface area contributed by atoms with Crippen LogP contribution in [0.25, 0.3) is 0 Å². The lowest BCUT2D eigenvalue weighted by atomic mass is 10.3. The van der Waals surface area contributed by atoms with Gasteiger partial charge in [-0.3, -0.25) is 10.1 Å². The fraction of sp³-hybridized carbons (Fsp3) is 0.188. The number of carbonyl (C=O) groups is 1. The lowest BCUT2D eigenvalue weighted by molar-refractivity contribution is -0.384. The van der Waals surface area contributed by atoms with Gasteiger partial charge in [-0.15, -0.1) is 11.8 Å². The minimum atomic E-state index is -3.79. The molecule has 0 heterocycles. The van der Waals surface area contributed by atoms with Crippen LogP contribution in [0.2, 0.25) is 0 Å². The SMILES string of the molecule is O=C(O)C(F)Oc1ccc(SCCNS(=O)(=O)c2ccc([N+](=O)[O-])cc2)cc1. The van der Waals surface area contributed by atoms with Gasteiger partial charge >= 0.3 is 12.3 Å². The number of nitrogens with one attached hydrogen (secondary N) is 1. The number of sulfonamides is 1. The molecule has 1 atom stereocenters. The van der Waals surface area contributed by atoms with Gasteiger partial charge in [-0.2, -0.15) is 4.39 Å². The molecular weight excluding hydrogens is 415 g/mol. The molecule has 28 heavy (non-hydrogen) atoms. The number of nitrogens with zero attached hydrogens (tertiary/aromatic N) is 1. The van der Waals surface area contributed by atoms with Crippen molar-refractivity contribution in [3.05, 3.63) is 58.6 Å². The van der Waals surface area contributed by atoms with Gasteiger partial charge < -0.3 is 9.84 Å². The summed E-state index contributed by atoms with van der Waals surface area (Å²) in [6.07, 6.45) is -2.45. The van der Waals surface area contributed by atoms with Gasteiger partial charge in [0.05, 0.1) is 9.82 Å². The highest BCUT2D eigenvalue weighted by molar-refractivity contribution is 7.99. The lowest BCUT2D eigenvalue weighted by Gasteiger charge is -2.09. The number of nitro benzene ring substituents is 1. The van der Waals surface area contributed by atoms with Gasteiger partial charge in [-0.1, -0.05) is 0 Å². The summed E-state index contributed by atoms with van der Waals surface area (Å²) in [7, 11) is -3.79. The van der Waals surface area contributed by atoms with Crippen LogP contribution in [0.1, 0.15) is 0 Å². The van der Waals surface area contributed by atoms with E-state index >= 15 is 0 Å². The molecule has 0 amide bonds. The second-order valence-electron chi connectivity index (χ2n) is 5.24. The number of carboxylic acid groups (broad SMARTS) is 1. The van der Waals surface area contributed by atoms with Crippen molar-refractivity contribution in [3.63, 3.8) is 0 Å². The van der Waals surface area contributed by atoms with Gasteiger partial charge in [0.25, 0.3) is 5.69 Å². The second kappa shape index (κ2) is 9.48. The molecule has 0 aliphatic rings. The van der Waals surface area contributed by atoms with E-state index in [1.807, 2.05) is 0 Å². The number of hydrogen-bond acceptors (Lipinski definition) is 7. The third-order valence-electron chi connectivity index (χ3n) is 3.28. The Labute approximate surface area is 163 Å². The summed E-state index contributed by atoms with van der Waals surface area (Å²) >= 11 is 1.31. The van der Waals surface area contributed by atoms with E-state index in [4.69, 9.17) is 5.11 Å². The summed E-state index contributed by atoms with van der Waals surface area (Å²) in [5.41, 5.74) is -0.204. The van der Waals surface area contributed by atoms with Crippen LogP contribution >= 0.6 is 11.8 Å². The van der Waals surface area contributed by atoms with E-state index in [0.29, 0.717) is 5.75 Å². The van der Waals surface area contributed by atoms with Crippen LogP contribution < -0.4 is 9.46 Å². The molecule has 2 aromatic carbocycles. The first-order chi connectivity index (χ1) is 13.2. The Kier molecular flexibility index (Phi) is 7.31. The van der Waals surface area contributed by atoms with Gasteiger partial charge in [-0.25, -0.2) is 17.9 Å². The summed E-state index contributed by atoms with van der Waals surface area (Å²) in [6, 6.07) is 10.5. The Hall–Kier alpha value is -2.70. The van der Waals surface area contributed by atoms with Crippen LogP contribution in [0.5, 0.6) is 5.75 Å². The summed E-state index contributed by atoms with van der Waals surface area (Å²) in [4.78, 5) is 21.0. The largest absolute Gasteiger partial charge is 0.476 e. The van der Waals surface area contributed by atoms with Crippen LogP contribution in [0, 0.1) is 10.1 Å². The fourth-order valence-electron chi connectivity index (χ4n) is 1.96. The van der Waals surface area contributed by atoms with Gasteiger partial charge in [0.15, 0.2) is 0 Å². The van der Waals surface area contributed by atoms with Crippen LogP contribution in [0.3, 0.4) is 0 Å². The number of aliphatic carboxylic acids is 1. The Bertz CT molecular complexity index is 934. The maximum absolute atomic E-state index is 12.9. The Morgan fingerprint density at radius 1 is 1.21 bits per heavy atom. The van der Waals surface area contributed by atoms with E-state index in [-0.39, 0.29) is 22.9 Å². The van der Waals surface area contributed by atoms with Crippen molar-refractivity contribution < 1.29 is 32.4 Å². The molecule has 0 aliphatic carbocycles. The van der Waals surface area contributed by atoms with Crippen LogP contribution in [0.15, 0.2) is 58.3 Å². The first kappa shape index (κ1) is 21.6. The Morgan fingerprint density at radius 3 is 2.36 bits per heavy atom. The van der Waals surface area contributed by atoms with Gasteiger partial charge in [0, 0.05) is 29.3 Å². The third-order valence-corrected chi connectivity index (χ3v) is 5.77. The summed E-state index contributed by atoms with van der Waals surface area (Å²) < 4.78 is 44.2. The number of alkyl halides is 1. The first-order valence-electron chi connectivity index (χ1n) is 7.69. The smallest absolute Gasteiger partial charge is 0.378 e. The van der Waals surface area contributed by atoms with Crippen molar-refractivity contribution >= 4 is 33.4 Å². The Morgan fingerprint density at radius 2 is 1.82 bits per heavy atom. The fourth-order valence-corrected chi connectivity index (χ4v) is 3.89. The molecular formula is C16H15FN2O7S2. The minimum Gasteiger partial charge on any atom is -0.476 e. The van der Waals surface area contributed by atoms with Crippen molar-refractivity contribution in [2.75, 3.05) is 12.3 Å². The predicted molar refractivity (Wildman–Crippen MR) is 98.6 cm³/mol. The molecule has 150 valence electrons. The zero-order valence-electron chi connectivity index (χ0n) is 14.1.